The Morgan fingerprint density at radius 3 is 2.25 bits per heavy atom. The van der Waals surface area contributed by atoms with Crippen LogP contribution < -0.4 is 10.6 Å². The second kappa shape index (κ2) is 10.4. The summed E-state index contributed by atoms with van der Waals surface area (Å²) in [6.07, 6.45) is 6.02. The zero-order chi connectivity index (χ0) is 21.8. The molecule has 168 valence electrons. The predicted octanol–water partition coefficient (Wildman–Crippen LogP) is 5.08. The van der Waals surface area contributed by atoms with Crippen LogP contribution in [-0.2, 0) is 4.79 Å². The zero-order valence-electron chi connectivity index (χ0n) is 18.4. The molecular formula is C24H28ClN5O2. The molecule has 1 aliphatic rings. The molecule has 0 radical (unpaired) electrons. The lowest BCUT2D eigenvalue weighted by Crippen LogP contribution is -2.32. The van der Waals surface area contributed by atoms with Crippen molar-refractivity contribution in [3.63, 3.8) is 0 Å². The first kappa shape index (κ1) is 23.5. The van der Waals surface area contributed by atoms with Crippen molar-refractivity contribution in [3.8, 4) is 0 Å². The molecule has 7 nitrogen and oxygen atoms in total. The van der Waals surface area contributed by atoms with Crippen LogP contribution in [0.25, 0.3) is 11.0 Å². The summed E-state index contributed by atoms with van der Waals surface area (Å²) >= 11 is 0. The Labute approximate surface area is 194 Å². The van der Waals surface area contributed by atoms with E-state index in [2.05, 4.69) is 20.6 Å². The van der Waals surface area contributed by atoms with E-state index in [0.29, 0.717) is 16.9 Å². The van der Waals surface area contributed by atoms with Gasteiger partial charge in [0, 0.05) is 48.7 Å². The van der Waals surface area contributed by atoms with E-state index in [1.165, 1.54) is 6.92 Å². The third-order valence-corrected chi connectivity index (χ3v) is 5.47. The number of hydrogen-bond donors (Lipinski definition) is 2. The van der Waals surface area contributed by atoms with Crippen molar-refractivity contribution in [2.75, 3.05) is 23.7 Å². The number of hydrogen-bond acceptors (Lipinski definition) is 5. The molecule has 1 saturated heterocycles. The maximum absolute atomic E-state index is 13.4. The number of aryl methyl sites for hydroxylation is 1. The standard InChI is InChI=1S/C24H27N5O2.ClH/c1-16-7-12-20-22(28-19-10-8-18(9-11-19)27-17(2)30)21(15-25-23(20)26-16)24(31)29-13-5-3-4-6-14-29;/h7-12,15H,3-6,13-14H2,1-2H3,(H,27,30)(H,25,26,28);1H. The molecule has 0 spiro atoms. The number of anilines is 3. The number of aromatic nitrogens is 2. The van der Waals surface area contributed by atoms with Gasteiger partial charge < -0.3 is 15.5 Å². The first-order valence-electron chi connectivity index (χ1n) is 10.7. The van der Waals surface area contributed by atoms with Crippen LogP contribution in [0.2, 0.25) is 0 Å². The summed E-state index contributed by atoms with van der Waals surface area (Å²) in [5, 5.41) is 6.98. The number of likely N-dealkylation sites (tertiary alicyclic amines) is 1. The maximum Gasteiger partial charge on any atom is 0.257 e. The number of nitrogens with zero attached hydrogens (tertiary/aromatic N) is 3. The Kier molecular flexibility index (Phi) is 7.64. The molecule has 0 saturated carbocycles. The average Bonchev–Trinajstić information content (AvgIpc) is 3.04. The van der Waals surface area contributed by atoms with Gasteiger partial charge >= 0.3 is 0 Å². The molecule has 3 heterocycles. The second-order valence-corrected chi connectivity index (χ2v) is 7.96. The third kappa shape index (κ3) is 5.34. The van der Waals surface area contributed by atoms with Crippen LogP contribution in [0.3, 0.4) is 0 Å². The Balaban J connectivity index is 0.00000289. The number of rotatable bonds is 4. The van der Waals surface area contributed by atoms with Crippen molar-refractivity contribution in [3.05, 3.63) is 53.9 Å². The van der Waals surface area contributed by atoms with Crippen molar-refractivity contribution in [2.24, 2.45) is 0 Å². The molecule has 2 amide bonds. The summed E-state index contributed by atoms with van der Waals surface area (Å²) in [5.41, 5.74) is 4.26. The number of halogens is 1. The van der Waals surface area contributed by atoms with E-state index in [-0.39, 0.29) is 24.2 Å². The van der Waals surface area contributed by atoms with Gasteiger partial charge in [-0.05, 0) is 56.2 Å². The summed E-state index contributed by atoms with van der Waals surface area (Å²) in [6, 6.07) is 11.3. The van der Waals surface area contributed by atoms with E-state index < -0.39 is 0 Å². The Hall–Kier alpha value is -3.19. The van der Waals surface area contributed by atoms with Gasteiger partial charge in [-0.25, -0.2) is 9.97 Å². The van der Waals surface area contributed by atoms with Gasteiger partial charge in [0.05, 0.1) is 11.3 Å². The van der Waals surface area contributed by atoms with E-state index in [1.54, 1.807) is 6.20 Å². The summed E-state index contributed by atoms with van der Waals surface area (Å²) < 4.78 is 0. The van der Waals surface area contributed by atoms with Gasteiger partial charge in [0.2, 0.25) is 5.91 Å². The smallest absolute Gasteiger partial charge is 0.257 e. The Bertz CT molecular complexity index is 1110. The van der Waals surface area contributed by atoms with Crippen molar-refractivity contribution in [1.29, 1.82) is 0 Å². The lowest BCUT2D eigenvalue weighted by Gasteiger charge is -2.22. The number of pyridine rings is 2. The SMILES string of the molecule is CC(=O)Nc1ccc(Nc2c(C(=O)N3CCCCCC3)cnc3nc(C)ccc23)cc1.Cl. The quantitative estimate of drug-likeness (QED) is 0.575. The molecule has 0 aliphatic carbocycles. The minimum atomic E-state index is -0.118. The molecule has 8 heteroatoms. The highest BCUT2D eigenvalue weighted by Gasteiger charge is 2.22. The van der Waals surface area contributed by atoms with E-state index in [4.69, 9.17) is 0 Å². The van der Waals surface area contributed by atoms with E-state index >= 15 is 0 Å². The van der Waals surface area contributed by atoms with Gasteiger partial charge in [-0.1, -0.05) is 12.8 Å². The number of benzene rings is 1. The van der Waals surface area contributed by atoms with Crippen LogP contribution >= 0.6 is 12.4 Å². The van der Waals surface area contributed by atoms with Crippen molar-refractivity contribution in [1.82, 2.24) is 14.9 Å². The van der Waals surface area contributed by atoms with Crippen LogP contribution in [0.5, 0.6) is 0 Å². The third-order valence-electron chi connectivity index (χ3n) is 5.47. The van der Waals surface area contributed by atoms with E-state index in [0.717, 1.165) is 61.2 Å². The Morgan fingerprint density at radius 1 is 0.938 bits per heavy atom. The lowest BCUT2D eigenvalue weighted by molar-refractivity contribution is -0.114. The van der Waals surface area contributed by atoms with Gasteiger partial charge in [-0.3, -0.25) is 9.59 Å². The molecule has 0 atom stereocenters. The van der Waals surface area contributed by atoms with Gasteiger partial charge in [0.15, 0.2) is 5.65 Å². The largest absolute Gasteiger partial charge is 0.354 e. The fraction of sp³-hybridized carbons (Fsp3) is 0.333. The molecule has 3 aromatic rings. The summed E-state index contributed by atoms with van der Waals surface area (Å²) in [7, 11) is 0. The number of amides is 2. The number of carbonyl (C=O) groups is 2. The topological polar surface area (TPSA) is 87.2 Å². The molecule has 1 fully saturated rings. The van der Waals surface area contributed by atoms with Crippen molar-refractivity contribution >= 4 is 52.3 Å². The van der Waals surface area contributed by atoms with Crippen LogP contribution in [-0.4, -0.2) is 39.8 Å². The van der Waals surface area contributed by atoms with Gasteiger partial charge in [-0.2, -0.15) is 0 Å². The van der Waals surface area contributed by atoms with Crippen LogP contribution in [0.15, 0.2) is 42.6 Å². The molecule has 32 heavy (non-hydrogen) atoms. The molecule has 2 aromatic heterocycles. The number of nitrogens with one attached hydrogen (secondary N) is 2. The lowest BCUT2D eigenvalue weighted by atomic mass is 10.1. The maximum atomic E-state index is 13.4. The molecule has 0 bridgehead atoms. The molecule has 1 aliphatic heterocycles. The molecule has 2 N–H and O–H groups in total. The van der Waals surface area contributed by atoms with E-state index in [9.17, 15) is 9.59 Å². The summed E-state index contributed by atoms with van der Waals surface area (Å²) in [5.74, 6) is -0.123. The average molecular weight is 454 g/mol. The fourth-order valence-electron chi connectivity index (χ4n) is 3.90. The summed E-state index contributed by atoms with van der Waals surface area (Å²) in [4.78, 5) is 35.6. The van der Waals surface area contributed by atoms with Gasteiger partial charge in [0.25, 0.3) is 5.91 Å². The minimum Gasteiger partial charge on any atom is -0.354 e. The van der Waals surface area contributed by atoms with Gasteiger partial charge in [-0.15, -0.1) is 12.4 Å². The van der Waals surface area contributed by atoms with Crippen molar-refractivity contribution in [2.45, 2.75) is 39.5 Å². The van der Waals surface area contributed by atoms with Crippen LogP contribution in [0, 0.1) is 6.92 Å². The second-order valence-electron chi connectivity index (χ2n) is 7.96. The minimum absolute atomic E-state index is 0. The van der Waals surface area contributed by atoms with Crippen LogP contribution in [0.4, 0.5) is 17.1 Å². The number of fused-ring (bicyclic) bond motifs is 1. The van der Waals surface area contributed by atoms with E-state index in [1.807, 2.05) is 48.2 Å². The Morgan fingerprint density at radius 2 is 1.59 bits per heavy atom. The first-order chi connectivity index (χ1) is 15.0. The highest BCUT2D eigenvalue weighted by molar-refractivity contribution is 6.07. The highest BCUT2D eigenvalue weighted by Crippen LogP contribution is 2.30. The first-order valence-corrected chi connectivity index (χ1v) is 10.7. The molecule has 4 rings (SSSR count). The predicted molar refractivity (Wildman–Crippen MR) is 130 cm³/mol. The highest BCUT2D eigenvalue weighted by atomic mass is 35.5. The van der Waals surface area contributed by atoms with Gasteiger partial charge in [0.1, 0.15) is 0 Å². The summed E-state index contributed by atoms with van der Waals surface area (Å²) in [6.45, 7) is 4.94. The number of carbonyl (C=O) groups excluding carboxylic acids is 2. The monoisotopic (exact) mass is 453 g/mol. The molecule has 1 aromatic carbocycles. The van der Waals surface area contributed by atoms with Crippen molar-refractivity contribution < 1.29 is 9.59 Å². The van der Waals surface area contributed by atoms with Crippen LogP contribution in [0.1, 0.15) is 48.7 Å². The molecule has 0 unspecified atom stereocenters. The fourth-order valence-corrected chi connectivity index (χ4v) is 3.90. The molecular weight excluding hydrogens is 426 g/mol. The normalized spacial score (nSPS) is 13.8. The zero-order valence-corrected chi connectivity index (χ0v) is 19.2.